The van der Waals surface area contributed by atoms with Gasteiger partial charge in [0.15, 0.2) is 0 Å². The number of hydrogen-bond acceptors (Lipinski definition) is 2. The molecule has 0 spiro atoms. The Kier molecular flexibility index (Phi) is 6.02. The van der Waals surface area contributed by atoms with Gasteiger partial charge < -0.3 is 15.3 Å². The highest BCUT2D eigenvalue weighted by molar-refractivity contribution is 5.76. The van der Waals surface area contributed by atoms with Crippen LogP contribution in [0.5, 0.6) is 0 Å². The Morgan fingerprint density at radius 2 is 2.00 bits per heavy atom. The number of hydrogen-bond donors (Lipinski definition) is 2. The zero-order valence-corrected chi connectivity index (χ0v) is 13.9. The summed E-state index contributed by atoms with van der Waals surface area (Å²) < 4.78 is 0. The largest absolute Gasteiger partial charge is 0.481 e. The number of nitrogens with one attached hydrogen (secondary N) is 1. The van der Waals surface area contributed by atoms with Gasteiger partial charge in [0.25, 0.3) is 0 Å². The van der Waals surface area contributed by atoms with E-state index in [-0.39, 0.29) is 18.6 Å². The lowest BCUT2D eigenvalue weighted by atomic mass is 9.95. The molecular weight excluding hydrogens is 292 g/mol. The summed E-state index contributed by atoms with van der Waals surface area (Å²) in [5.74, 6) is -0.992. The van der Waals surface area contributed by atoms with Crippen LogP contribution in [0.15, 0.2) is 30.3 Å². The number of benzene rings is 1. The molecule has 0 bridgehead atoms. The maximum atomic E-state index is 12.3. The third-order valence-corrected chi connectivity index (χ3v) is 4.62. The molecule has 5 nitrogen and oxygen atoms in total. The van der Waals surface area contributed by atoms with Crippen molar-refractivity contribution in [3.63, 3.8) is 0 Å². The van der Waals surface area contributed by atoms with E-state index in [0.717, 1.165) is 25.7 Å². The molecule has 1 aliphatic rings. The molecule has 1 aromatic rings. The molecule has 1 aromatic carbocycles. The van der Waals surface area contributed by atoms with Gasteiger partial charge in [-0.15, -0.1) is 0 Å². The molecule has 2 rings (SSSR count). The summed E-state index contributed by atoms with van der Waals surface area (Å²) in [7, 11) is 1.65. The average molecular weight is 318 g/mol. The molecule has 23 heavy (non-hydrogen) atoms. The zero-order chi connectivity index (χ0) is 16.8. The van der Waals surface area contributed by atoms with Gasteiger partial charge in [-0.1, -0.05) is 43.7 Å². The molecule has 126 valence electrons. The SMILES string of the molecule is CC(CN(C)C(=O)NC1CCCC1Cc1ccccc1)C(=O)O. The summed E-state index contributed by atoms with van der Waals surface area (Å²) in [5, 5.41) is 12.0. The summed E-state index contributed by atoms with van der Waals surface area (Å²) in [6.07, 6.45) is 4.21. The van der Waals surface area contributed by atoms with Crippen LogP contribution in [0.4, 0.5) is 4.79 Å². The van der Waals surface area contributed by atoms with Gasteiger partial charge in [-0.2, -0.15) is 0 Å². The first-order valence-corrected chi connectivity index (χ1v) is 8.25. The Morgan fingerprint density at radius 1 is 1.30 bits per heavy atom. The quantitative estimate of drug-likeness (QED) is 0.847. The molecule has 1 aliphatic carbocycles. The van der Waals surface area contributed by atoms with E-state index in [1.54, 1.807) is 14.0 Å². The van der Waals surface area contributed by atoms with Gasteiger partial charge in [0, 0.05) is 19.6 Å². The van der Waals surface area contributed by atoms with Crippen LogP contribution in [0.2, 0.25) is 0 Å². The van der Waals surface area contributed by atoms with E-state index < -0.39 is 11.9 Å². The van der Waals surface area contributed by atoms with E-state index in [2.05, 4.69) is 17.4 Å². The first-order chi connectivity index (χ1) is 11.0. The third-order valence-electron chi connectivity index (χ3n) is 4.62. The van der Waals surface area contributed by atoms with Gasteiger partial charge in [0.05, 0.1) is 5.92 Å². The molecule has 0 radical (unpaired) electrons. The normalized spacial score (nSPS) is 21.7. The molecule has 0 aliphatic heterocycles. The number of amides is 2. The van der Waals surface area contributed by atoms with Crippen molar-refractivity contribution in [1.29, 1.82) is 0 Å². The van der Waals surface area contributed by atoms with E-state index in [1.807, 2.05) is 18.2 Å². The lowest BCUT2D eigenvalue weighted by molar-refractivity contribution is -0.141. The Balaban J connectivity index is 1.88. The Hall–Kier alpha value is -2.04. The van der Waals surface area contributed by atoms with Crippen molar-refractivity contribution in [1.82, 2.24) is 10.2 Å². The highest BCUT2D eigenvalue weighted by Gasteiger charge is 2.29. The summed E-state index contributed by atoms with van der Waals surface area (Å²) in [5.41, 5.74) is 1.30. The second-order valence-corrected chi connectivity index (χ2v) is 6.56. The number of aliphatic carboxylic acids is 1. The molecule has 0 saturated heterocycles. The van der Waals surface area contributed by atoms with Gasteiger partial charge in [-0.25, -0.2) is 4.79 Å². The van der Waals surface area contributed by atoms with Crippen LogP contribution in [0.25, 0.3) is 0 Å². The molecule has 3 unspecified atom stereocenters. The Bertz CT molecular complexity index is 532. The minimum atomic E-state index is -0.882. The van der Waals surface area contributed by atoms with Gasteiger partial charge in [-0.3, -0.25) is 4.79 Å². The lowest BCUT2D eigenvalue weighted by Gasteiger charge is -2.26. The first-order valence-electron chi connectivity index (χ1n) is 8.25. The topological polar surface area (TPSA) is 69.6 Å². The van der Waals surface area contributed by atoms with Gasteiger partial charge >= 0.3 is 12.0 Å². The van der Waals surface area contributed by atoms with E-state index in [4.69, 9.17) is 5.11 Å². The smallest absolute Gasteiger partial charge is 0.317 e. The van der Waals surface area contributed by atoms with Crippen LogP contribution < -0.4 is 5.32 Å². The fourth-order valence-corrected chi connectivity index (χ4v) is 3.23. The fraction of sp³-hybridized carbons (Fsp3) is 0.556. The molecule has 1 saturated carbocycles. The van der Waals surface area contributed by atoms with E-state index in [0.29, 0.717) is 5.92 Å². The van der Waals surface area contributed by atoms with Crippen LogP contribution in [0.3, 0.4) is 0 Å². The van der Waals surface area contributed by atoms with Crippen molar-refractivity contribution in [2.24, 2.45) is 11.8 Å². The lowest BCUT2D eigenvalue weighted by Crippen LogP contribution is -2.46. The minimum Gasteiger partial charge on any atom is -0.481 e. The van der Waals surface area contributed by atoms with Crippen molar-refractivity contribution in [3.05, 3.63) is 35.9 Å². The zero-order valence-electron chi connectivity index (χ0n) is 13.9. The number of nitrogens with zero attached hydrogens (tertiary/aromatic N) is 1. The van der Waals surface area contributed by atoms with Gasteiger partial charge in [-0.05, 0) is 30.7 Å². The summed E-state index contributed by atoms with van der Waals surface area (Å²) >= 11 is 0. The molecule has 0 heterocycles. The van der Waals surface area contributed by atoms with Crippen molar-refractivity contribution in [2.45, 2.75) is 38.6 Å². The number of urea groups is 1. The second kappa shape index (κ2) is 7.99. The minimum absolute atomic E-state index is 0.172. The maximum Gasteiger partial charge on any atom is 0.317 e. The standard InChI is InChI=1S/C18H26N2O3/c1-13(17(21)22)12-20(2)18(23)19-16-10-6-9-15(16)11-14-7-4-3-5-8-14/h3-5,7-8,13,15-16H,6,9-12H2,1-2H3,(H,19,23)(H,21,22). The second-order valence-electron chi connectivity index (χ2n) is 6.56. The van der Waals surface area contributed by atoms with Crippen molar-refractivity contribution in [3.8, 4) is 0 Å². The fourth-order valence-electron chi connectivity index (χ4n) is 3.23. The van der Waals surface area contributed by atoms with Crippen molar-refractivity contribution >= 4 is 12.0 Å². The molecule has 1 fully saturated rings. The summed E-state index contributed by atoms with van der Waals surface area (Å²) in [6, 6.07) is 10.3. The van der Waals surface area contributed by atoms with Crippen LogP contribution in [0, 0.1) is 11.8 Å². The number of carbonyl (C=O) groups excluding carboxylic acids is 1. The van der Waals surface area contributed by atoms with E-state index in [1.165, 1.54) is 10.5 Å². The number of carboxylic acid groups (broad SMARTS) is 1. The monoisotopic (exact) mass is 318 g/mol. The van der Waals surface area contributed by atoms with E-state index >= 15 is 0 Å². The van der Waals surface area contributed by atoms with Crippen LogP contribution in [-0.2, 0) is 11.2 Å². The third kappa shape index (κ3) is 4.98. The van der Waals surface area contributed by atoms with Crippen molar-refractivity contribution in [2.75, 3.05) is 13.6 Å². The summed E-state index contributed by atoms with van der Waals surface area (Å²) in [6.45, 7) is 1.83. The number of rotatable bonds is 6. The van der Waals surface area contributed by atoms with Crippen LogP contribution in [0.1, 0.15) is 31.7 Å². The molecule has 2 amide bonds. The van der Waals surface area contributed by atoms with Gasteiger partial charge in [0.2, 0.25) is 0 Å². The highest BCUT2D eigenvalue weighted by Crippen LogP contribution is 2.29. The molecular formula is C18H26N2O3. The highest BCUT2D eigenvalue weighted by atomic mass is 16.4. The molecule has 2 N–H and O–H groups in total. The molecule has 0 aromatic heterocycles. The molecule has 3 atom stereocenters. The maximum absolute atomic E-state index is 12.3. The van der Waals surface area contributed by atoms with Crippen molar-refractivity contribution < 1.29 is 14.7 Å². The summed E-state index contributed by atoms with van der Waals surface area (Å²) in [4.78, 5) is 24.6. The number of carbonyl (C=O) groups is 2. The predicted octanol–water partition coefficient (Wildman–Crippen LogP) is 2.76. The number of carboxylic acids is 1. The first kappa shape index (κ1) is 17.3. The average Bonchev–Trinajstić information content (AvgIpc) is 2.95. The Labute approximate surface area is 137 Å². The van der Waals surface area contributed by atoms with Crippen LogP contribution >= 0.6 is 0 Å². The Morgan fingerprint density at radius 3 is 2.65 bits per heavy atom. The van der Waals surface area contributed by atoms with Gasteiger partial charge in [0.1, 0.15) is 0 Å². The molecule has 5 heteroatoms. The van der Waals surface area contributed by atoms with E-state index in [9.17, 15) is 9.59 Å². The predicted molar refractivity (Wildman–Crippen MR) is 89.2 cm³/mol. The van der Waals surface area contributed by atoms with Crippen LogP contribution in [-0.4, -0.2) is 41.6 Å².